The van der Waals surface area contributed by atoms with Gasteiger partial charge in [0.1, 0.15) is 0 Å². The molecule has 0 atom stereocenters. The number of ketones is 1. The van der Waals surface area contributed by atoms with Crippen molar-refractivity contribution in [2.24, 2.45) is 5.92 Å². The molecule has 0 aromatic rings. The third-order valence-electron chi connectivity index (χ3n) is 1.08. The number of carboxylic acids is 1. The number of carbonyl (C=O) groups excluding carboxylic acids is 1. The van der Waals surface area contributed by atoms with Gasteiger partial charge >= 0.3 is 5.97 Å². The molecule has 10 heavy (non-hydrogen) atoms. The molecule has 0 aromatic carbocycles. The molecule has 0 bridgehead atoms. The van der Waals surface area contributed by atoms with Crippen molar-refractivity contribution in [1.29, 1.82) is 0 Å². The fourth-order valence-electron chi connectivity index (χ4n) is 0.454. The minimum absolute atomic E-state index is 0.288. The van der Waals surface area contributed by atoms with Gasteiger partial charge in [-0.2, -0.15) is 0 Å². The third kappa shape index (κ3) is 2.01. The van der Waals surface area contributed by atoms with Gasteiger partial charge in [-0.1, -0.05) is 20.4 Å². The van der Waals surface area contributed by atoms with Crippen molar-refractivity contribution in [2.75, 3.05) is 0 Å². The van der Waals surface area contributed by atoms with Crippen LogP contribution in [0.3, 0.4) is 0 Å². The average Bonchev–Trinajstić information content (AvgIpc) is 1.84. The highest BCUT2D eigenvalue weighted by molar-refractivity contribution is 6.16. The summed E-state index contributed by atoms with van der Waals surface area (Å²) in [6.45, 7) is 6.40. The summed E-state index contributed by atoms with van der Waals surface area (Å²) in [7, 11) is 0. The normalized spacial score (nSPS) is 9.50. The number of hydrogen-bond donors (Lipinski definition) is 1. The van der Waals surface area contributed by atoms with E-state index < -0.39 is 11.8 Å². The lowest BCUT2D eigenvalue weighted by Crippen LogP contribution is -2.15. The zero-order valence-electron chi connectivity index (χ0n) is 6.05. The summed E-state index contributed by atoms with van der Waals surface area (Å²) in [6.07, 6.45) is 0. The maximum atomic E-state index is 10.8. The van der Waals surface area contributed by atoms with Crippen LogP contribution in [0.25, 0.3) is 0 Å². The van der Waals surface area contributed by atoms with E-state index in [1.54, 1.807) is 13.8 Å². The highest BCUT2D eigenvalue weighted by Gasteiger charge is 2.16. The lowest BCUT2D eigenvalue weighted by Gasteiger charge is -2.01. The molecule has 0 fully saturated rings. The van der Waals surface area contributed by atoms with Crippen molar-refractivity contribution < 1.29 is 14.7 Å². The van der Waals surface area contributed by atoms with E-state index in [0.717, 1.165) is 0 Å². The Morgan fingerprint density at radius 1 is 1.40 bits per heavy atom. The summed E-state index contributed by atoms with van der Waals surface area (Å²) in [5.74, 6) is -1.94. The monoisotopic (exact) mass is 142 g/mol. The van der Waals surface area contributed by atoms with Gasteiger partial charge < -0.3 is 5.11 Å². The molecule has 0 aliphatic rings. The van der Waals surface area contributed by atoms with Gasteiger partial charge in [-0.3, -0.25) is 4.79 Å². The molecule has 3 heteroatoms. The van der Waals surface area contributed by atoms with Gasteiger partial charge in [0, 0.05) is 5.92 Å². The summed E-state index contributed by atoms with van der Waals surface area (Å²) in [5.41, 5.74) is -0.338. The van der Waals surface area contributed by atoms with Gasteiger partial charge in [-0.05, 0) is 0 Å². The molecule has 56 valence electrons. The van der Waals surface area contributed by atoms with Crippen LogP contribution in [-0.2, 0) is 9.59 Å². The fourth-order valence-corrected chi connectivity index (χ4v) is 0.454. The summed E-state index contributed by atoms with van der Waals surface area (Å²) in [6, 6.07) is 0. The van der Waals surface area contributed by atoms with Crippen LogP contribution in [0.4, 0.5) is 0 Å². The lowest BCUT2D eigenvalue weighted by molar-refractivity contribution is -0.135. The largest absolute Gasteiger partial charge is 0.478 e. The number of hydrogen-bond acceptors (Lipinski definition) is 2. The van der Waals surface area contributed by atoms with Crippen LogP contribution in [0.2, 0.25) is 0 Å². The van der Waals surface area contributed by atoms with E-state index in [9.17, 15) is 9.59 Å². The molecular formula is C7H10O3. The van der Waals surface area contributed by atoms with E-state index in [1.807, 2.05) is 0 Å². The average molecular weight is 142 g/mol. The third-order valence-corrected chi connectivity index (χ3v) is 1.08. The second kappa shape index (κ2) is 3.15. The SMILES string of the molecule is C=C(C(=O)O)C(=O)C(C)C. The summed E-state index contributed by atoms with van der Waals surface area (Å²) < 4.78 is 0. The Bertz CT molecular complexity index is 179. The zero-order chi connectivity index (χ0) is 8.31. The van der Waals surface area contributed by atoms with E-state index in [4.69, 9.17) is 5.11 Å². The smallest absolute Gasteiger partial charge is 0.338 e. The van der Waals surface area contributed by atoms with Gasteiger partial charge in [0.15, 0.2) is 5.78 Å². The van der Waals surface area contributed by atoms with Crippen molar-refractivity contribution in [3.8, 4) is 0 Å². The summed E-state index contributed by atoms with van der Waals surface area (Å²) in [5, 5.41) is 8.28. The van der Waals surface area contributed by atoms with Crippen LogP contribution in [-0.4, -0.2) is 16.9 Å². The molecule has 0 amide bonds. The molecule has 1 N–H and O–H groups in total. The van der Waals surface area contributed by atoms with E-state index in [2.05, 4.69) is 6.58 Å². The molecule has 3 nitrogen and oxygen atoms in total. The Hall–Kier alpha value is -1.12. The van der Waals surface area contributed by atoms with Crippen molar-refractivity contribution in [3.63, 3.8) is 0 Å². The standard InChI is InChI=1S/C7H10O3/c1-4(2)6(8)5(3)7(9)10/h4H,3H2,1-2H3,(H,9,10). The first kappa shape index (κ1) is 8.88. The Balaban J connectivity index is 4.24. The number of carboxylic acid groups (broad SMARTS) is 1. The van der Waals surface area contributed by atoms with Crippen LogP contribution in [0, 0.1) is 5.92 Å². The number of rotatable bonds is 3. The topological polar surface area (TPSA) is 54.4 Å². The minimum Gasteiger partial charge on any atom is -0.478 e. The van der Waals surface area contributed by atoms with Crippen molar-refractivity contribution >= 4 is 11.8 Å². The Morgan fingerprint density at radius 2 is 1.80 bits per heavy atom. The van der Waals surface area contributed by atoms with Crippen molar-refractivity contribution in [2.45, 2.75) is 13.8 Å². The van der Waals surface area contributed by atoms with Gasteiger partial charge in [0.05, 0.1) is 5.57 Å². The van der Waals surface area contributed by atoms with Crippen LogP contribution in [0.15, 0.2) is 12.2 Å². The molecule has 0 saturated carbocycles. The van der Waals surface area contributed by atoms with Gasteiger partial charge in [0.2, 0.25) is 0 Å². The molecule has 0 aliphatic carbocycles. The molecule has 0 saturated heterocycles. The highest BCUT2D eigenvalue weighted by Crippen LogP contribution is 2.02. The van der Waals surface area contributed by atoms with Gasteiger partial charge in [0.25, 0.3) is 0 Å². The Labute approximate surface area is 59.4 Å². The Kier molecular flexibility index (Phi) is 2.80. The number of carbonyl (C=O) groups is 2. The van der Waals surface area contributed by atoms with Gasteiger partial charge in [-0.15, -0.1) is 0 Å². The van der Waals surface area contributed by atoms with Crippen LogP contribution >= 0.6 is 0 Å². The maximum absolute atomic E-state index is 10.8. The zero-order valence-corrected chi connectivity index (χ0v) is 6.05. The molecule has 0 rings (SSSR count). The lowest BCUT2D eigenvalue weighted by atomic mass is 10.0. The molecule has 0 spiro atoms. The molecule has 0 aromatic heterocycles. The van der Waals surface area contributed by atoms with Crippen LogP contribution < -0.4 is 0 Å². The highest BCUT2D eigenvalue weighted by atomic mass is 16.4. The van der Waals surface area contributed by atoms with Crippen molar-refractivity contribution in [1.82, 2.24) is 0 Å². The molecule has 0 heterocycles. The minimum atomic E-state index is -1.24. The van der Waals surface area contributed by atoms with E-state index in [0.29, 0.717) is 0 Å². The maximum Gasteiger partial charge on any atom is 0.338 e. The summed E-state index contributed by atoms with van der Waals surface area (Å²) >= 11 is 0. The fraction of sp³-hybridized carbons (Fsp3) is 0.429. The number of aliphatic carboxylic acids is 1. The molecule has 0 unspecified atom stereocenters. The van der Waals surface area contributed by atoms with E-state index in [1.165, 1.54) is 0 Å². The second-order valence-electron chi connectivity index (χ2n) is 2.30. The molecular weight excluding hydrogens is 132 g/mol. The molecule has 0 aliphatic heterocycles. The predicted molar refractivity (Wildman–Crippen MR) is 36.6 cm³/mol. The first-order valence-electron chi connectivity index (χ1n) is 2.93. The van der Waals surface area contributed by atoms with Crippen molar-refractivity contribution in [3.05, 3.63) is 12.2 Å². The van der Waals surface area contributed by atoms with Gasteiger partial charge in [-0.25, -0.2) is 4.79 Å². The predicted octanol–water partition coefficient (Wildman–Crippen LogP) is 0.852. The second-order valence-corrected chi connectivity index (χ2v) is 2.30. The first-order chi connectivity index (χ1) is 4.46. The van der Waals surface area contributed by atoms with Crippen LogP contribution in [0.1, 0.15) is 13.8 Å². The summed E-state index contributed by atoms with van der Waals surface area (Å²) in [4.78, 5) is 20.9. The molecule has 0 radical (unpaired) electrons. The number of Topliss-reactive ketones (excluding diaryl/α,β-unsaturated/α-hetero) is 1. The first-order valence-corrected chi connectivity index (χ1v) is 2.93. The quantitative estimate of drug-likeness (QED) is 0.361. The van der Waals surface area contributed by atoms with E-state index >= 15 is 0 Å². The Morgan fingerprint density at radius 3 is 1.90 bits per heavy atom. The van der Waals surface area contributed by atoms with E-state index in [-0.39, 0.29) is 11.5 Å². The van der Waals surface area contributed by atoms with Crippen LogP contribution in [0.5, 0.6) is 0 Å².